The second-order valence-corrected chi connectivity index (χ2v) is 5.36. The van der Waals surface area contributed by atoms with Crippen LogP contribution in [0, 0.1) is 6.92 Å². The van der Waals surface area contributed by atoms with Crippen molar-refractivity contribution in [2.75, 3.05) is 0 Å². The summed E-state index contributed by atoms with van der Waals surface area (Å²) in [5.74, 6) is 0.396. The van der Waals surface area contributed by atoms with Crippen LogP contribution in [-0.2, 0) is 5.41 Å². The van der Waals surface area contributed by atoms with Gasteiger partial charge in [-0.05, 0) is 30.4 Å². The second kappa shape index (κ2) is 5.72. The minimum absolute atomic E-state index is 0.0239. The van der Waals surface area contributed by atoms with Crippen molar-refractivity contribution in [2.24, 2.45) is 0 Å². The standard InChI is InChI=1S/C11H16O.C5H6/c1-8-5-6-10(12)9(7-8)11(2,3)4;1-2-4-5-3-1/h5-7,12H,1-4H3;1-4H,5H2. The lowest BCUT2D eigenvalue weighted by Gasteiger charge is -2.20. The molecule has 0 fully saturated rings. The maximum absolute atomic E-state index is 9.57. The van der Waals surface area contributed by atoms with E-state index < -0.39 is 0 Å². The summed E-state index contributed by atoms with van der Waals surface area (Å²) >= 11 is 0. The van der Waals surface area contributed by atoms with Gasteiger partial charge >= 0.3 is 0 Å². The molecule has 1 N–H and O–H groups in total. The van der Waals surface area contributed by atoms with Gasteiger partial charge in [0.25, 0.3) is 0 Å². The molecule has 0 saturated carbocycles. The number of allylic oxidation sites excluding steroid dienone is 4. The van der Waals surface area contributed by atoms with E-state index in [1.54, 1.807) is 6.07 Å². The summed E-state index contributed by atoms with van der Waals surface area (Å²) in [5, 5.41) is 9.57. The molecule has 1 nitrogen and oxygen atoms in total. The number of rotatable bonds is 0. The highest BCUT2D eigenvalue weighted by atomic mass is 16.3. The van der Waals surface area contributed by atoms with Gasteiger partial charge in [0.05, 0.1) is 0 Å². The van der Waals surface area contributed by atoms with E-state index >= 15 is 0 Å². The van der Waals surface area contributed by atoms with Crippen LogP contribution in [0.25, 0.3) is 0 Å². The average molecular weight is 230 g/mol. The molecule has 17 heavy (non-hydrogen) atoms. The molecule has 0 aliphatic heterocycles. The molecule has 0 spiro atoms. The first-order chi connectivity index (χ1) is 7.91. The molecule has 1 heteroatoms. The van der Waals surface area contributed by atoms with E-state index in [-0.39, 0.29) is 5.41 Å². The first-order valence-electron chi connectivity index (χ1n) is 6.03. The van der Waals surface area contributed by atoms with Crippen molar-refractivity contribution in [3.8, 4) is 5.75 Å². The molecule has 1 aromatic carbocycles. The van der Waals surface area contributed by atoms with Gasteiger partial charge in [-0.1, -0.05) is 62.8 Å². The van der Waals surface area contributed by atoms with Crippen molar-refractivity contribution in [3.05, 3.63) is 53.6 Å². The molecule has 0 heterocycles. The Balaban J connectivity index is 0.000000239. The highest BCUT2D eigenvalue weighted by Gasteiger charge is 2.17. The minimum Gasteiger partial charge on any atom is -0.508 e. The Kier molecular flexibility index (Phi) is 4.56. The van der Waals surface area contributed by atoms with Gasteiger partial charge in [-0.15, -0.1) is 0 Å². The zero-order chi connectivity index (χ0) is 12.9. The van der Waals surface area contributed by atoms with Gasteiger partial charge in [0.15, 0.2) is 0 Å². The lowest BCUT2D eigenvalue weighted by Crippen LogP contribution is -2.11. The van der Waals surface area contributed by atoms with Crippen LogP contribution in [0.5, 0.6) is 5.75 Å². The molecule has 92 valence electrons. The molecule has 0 amide bonds. The molecule has 0 unspecified atom stereocenters. The fourth-order valence-corrected chi connectivity index (χ4v) is 1.64. The fourth-order valence-electron chi connectivity index (χ4n) is 1.64. The van der Waals surface area contributed by atoms with Crippen LogP contribution in [0.2, 0.25) is 0 Å². The van der Waals surface area contributed by atoms with E-state index in [1.807, 2.05) is 19.1 Å². The lowest BCUT2D eigenvalue weighted by atomic mass is 9.85. The van der Waals surface area contributed by atoms with Crippen LogP contribution in [0.1, 0.15) is 38.3 Å². The summed E-state index contributed by atoms with van der Waals surface area (Å²) in [4.78, 5) is 0. The van der Waals surface area contributed by atoms with E-state index in [9.17, 15) is 5.11 Å². The smallest absolute Gasteiger partial charge is 0.119 e. The van der Waals surface area contributed by atoms with Crippen LogP contribution in [0.15, 0.2) is 42.5 Å². The van der Waals surface area contributed by atoms with E-state index in [4.69, 9.17) is 0 Å². The van der Waals surface area contributed by atoms with Crippen molar-refractivity contribution in [1.29, 1.82) is 0 Å². The molecule has 1 aromatic rings. The van der Waals surface area contributed by atoms with E-state index in [0.29, 0.717) is 5.75 Å². The molecule has 0 radical (unpaired) electrons. The van der Waals surface area contributed by atoms with Gasteiger partial charge in [-0.3, -0.25) is 0 Å². The van der Waals surface area contributed by atoms with Gasteiger partial charge in [0, 0.05) is 0 Å². The number of phenols is 1. The van der Waals surface area contributed by atoms with Gasteiger partial charge in [-0.25, -0.2) is 0 Å². The van der Waals surface area contributed by atoms with E-state index in [0.717, 1.165) is 12.0 Å². The van der Waals surface area contributed by atoms with Gasteiger partial charge in [0.2, 0.25) is 0 Å². The van der Waals surface area contributed by atoms with E-state index in [2.05, 4.69) is 45.1 Å². The normalized spacial score (nSPS) is 13.4. The van der Waals surface area contributed by atoms with Crippen molar-refractivity contribution in [2.45, 2.75) is 39.5 Å². The third-order valence-electron chi connectivity index (χ3n) is 2.62. The average Bonchev–Trinajstić information content (AvgIpc) is 2.78. The molecular weight excluding hydrogens is 208 g/mol. The molecule has 0 saturated heterocycles. The SMILES string of the molecule is C1=CCC=C1.Cc1ccc(O)c(C(C)(C)C)c1. The highest BCUT2D eigenvalue weighted by Crippen LogP contribution is 2.30. The molecular formula is C16H22O. The van der Waals surface area contributed by atoms with Crippen LogP contribution in [-0.4, -0.2) is 5.11 Å². The predicted molar refractivity (Wildman–Crippen MR) is 74.4 cm³/mol. The maximum Gasteiger partial charge on any atom is 0.119 e. The Morgan fingerprint density at radius 1 is 1.06 bits per heavy atom. The van der Waals surface area contributed by atoms with Crippen LogP contribution >= 0.6 is 0 Å². The zero-order valence-corrected chi connectivity index (χ0v) is 11.2. The topological polar surface area (TPSA) is 20.2 Å². The predicted octanol–water partition coefficient (Wildman–Crippen LogP) is 4.50. The molecule has 0 atom stereocenters. The lowest BCUT2D eigenvalue weighted by molar-refractivity contribution is 0.446. The Morgan fingerprint density at radius 2 is 1.65 bits per heavy atom. The van der Waals surface area contributed by atoms with Crippen molar-refractivity contribution >= 4 is 0 Å². The second-order valence-electron chi connectivity index (χ2n) is 5.36. The monoisotopic (exact) mass is 230 g/mol. The Hall–Kier alpha value is -1.50. The molecule has 2 rings (SSSR count). The summed E-state index contributed by atoms with van der Waals surface area (Å²) in [6.07, 6.45) is 9.50. The number of aryl methyl sites for hydroxylation is 1. The summed E-state index contributed by atoms with van der Waals surface area (Å²) < 4.78 is 0. The highest BCUT2D eigenvalue weighted by molar-refractivity contribution is 5.39. The molecule has 1 aliphatic carbocycles. The number of aromatic hydroxyl groups is 1. The van der Waals surface area contributed by atoms with Gasteiger partial charge in [0.1, 0.15) is 5.75 Å². The quantitative estimate of drug-likeness (QED) is 0.695. The first-order valence-corrected chi connectivity index (χ1v) is 6.03. The Morgan fingerprint density at radius 3 is 2.00 bits per heavy atom. The van der Waals surface area contributed by atoms with Gasteiger partial charge in [-0.2, -0.15) is 0 Å². The van der Waals surface area contributed by atoms with Crippen LogP contribution in [0.3, 0.4) is 0 Å². The fraction of sp³-hybridized carbons (Fsp3) is 0.375. The van der Waals surface area contributed by atoms with Crippen molar-refractivity contribution < 1.29 is 5.11 Å². The molecule has 1 aliphatic rings. The number of hydrogen-bond donors (Lipinski definition) is 1. The van der Waals surface area contributed by atoms with Gasteiger partial charge < -0.3 is 5.11 Å². The summed E-state index contributed by atoms with van der Waals surface area (Å²) in [6, 6.07) is 5.72. The van der Waals surface area contributed by atoms with Crippen molar-refractivity contribution in [3.63, 3.8) is 0 Å². The van der Waals surface area contributed by atoms with E-state index in [1.165, 1.54) is 5.56 Å². The molecule has 0 bridgehead atoms. The number of benzene rings is 1. The molecule has 0 aromatic heterocycles. The minimum atomic E-state index is 0.0239. The third kappa shape index (κ3) is 4.48. The summed E-state index contributed by atoms with van der Waals surface area (Å²) in [7, 11) is 0. The number of hydrogen-bond acceptors (Lipinski definition) is 1. The van der Waals surface area contributed by atoms with Crippen LogP contribution in [0.4, 0.5) is 0 Å². The third-order valence-corrected chi connectivity index (χ3v) is 2.62. The summed E-state index contributed by atoms with van der Waals surface area (Å²) in [5.41, 5.74) is 2.23. The largest absolute Gasteiger partial charge is 0.508 e. The Labute approximate surface area is 104 Å². The maximum atomic E-state index is 9.57. The number of phenolic OH excluding ortho intramolecular Hbond substituents is 1. The van der Waals surface area contributed by atoms with Crippen molar-refractivity contribution in [1.82, 2.24) is 0 Å². The zero-order valence-electron chi connectivity index (χ0n) is 11.2. The summed E-state index contributed by atoms with van der Waals surface area (Å²) in [6.45, 7) is 8.33. The van der Waals surface area contributed by atoms with Crippen LogP contribution < -0.4 is 0 Å². The first kappa shape index (κ1) is 13.6. The Bertz CT molecular complexity index is 410.